The molecule has 4 atom stereocenters. The summed E-state index contributed by atoms with van der Waals surface area (Å²) in [6.45, 7) is 0.316. The Balaban J connectivity index is 2.59. The van der Waals surface area contributed by atoms with Crippen LogP contribution in [0.15, 0.2) is 0 Å². The second-order valence-electron chi connectivity index (χ2n) is 2.90. The number of rotatable bonds is 3. The number of ether oxygens (including phenoxy) is 4. The fourth-order valence-electron chi connectivity index (χ4n) is 1.42. The van der Waals surface area contributed by atoms with Crippen molar-refractivity contribution in [2.45, 2.75) is 24.6 Å². The van der Waals surface area contributed by atoms with Crippen molar-refractivity contribution >= 4 is 0 Å². The molecule has 5 nitrogen and oxygen atoms in total. The molecule has 0 amide bonds. The molecule has 0 aromatic rings. The Morgan fingerprint density at radius 3 is 2.31 bits per heavy atom. The zero-order chi connectivity index (χ0) is 9.84. The van der Waals surface area contributed by atoms with E-state index in [1.165, 1.54) is 21.3 Å². The van der Waals surface area contributed by atoms with Crippen molar-refractivity contribution in [3.8, 4) is 0 Å². The highest BCUT2D eigenvalue weighted by Crippen LogP contribution is 2.19. The second-order valence-corrected chi connectivity index (χ2v) is 2.90. The molecule has 1 N–H and O–H groups in total. The van der Waals surface area contributed by atoms with Crippen LogP contribution >= 0.6 is 0 Å². The van der Waals surface area contributed by atoms with Crippen molar-refractivity contribution < 1.29 is 24.1 Å². The van der Waals surface area contributed by atoms with Gasteiger partial charge in [-0.3, -0.25) is 0 Å². The molecule has 0 unspecified atom stereocenters. The lowest BCUT2D eigenvalue weighted by molar-refractivity contribution is -0.271. The van der Waals surface area contributed by atoms with Gasteiger partial charge in [0, 0.05) is 21.3 Å². The van der Waals surface area contributed by atoms with Crippen molar-refractivity contribution in [3.63, 3.8) is 0 Å². The summed E-state index contributed by atoms with van der Waals surface area (Å²) in [7, 11) is 4.54. The summed E-state index contributed by atoms with van der Waals surface area (Å²) < 4.78 is 20.3. The third kappa shape index (κ3) is 2.18. The lowest BCUT2D eigenvalue weighted by Crippen LogP contribution is -2.54. The van der Waals surface area contributed by atoms with E-state index in [0.717, 1.165) is 0 Å². The molecule has 0 aromatic carbocycles. The fourth-order valence-corrected chi connectivity index (χ4v) is 1.42. The molecule has 0 spiro atoms. The highest BCUT2D eigenvalue weighted by atomic mass is 16.7. The minimum Gasteiger partial charge on any atom is -0.387 e. The molecule has 1 rings (SSSR count). The zero-order valence-corrected chi connectivity index (χ0v) is 8.10. The highest BCUT2D eigenvalue weighted by molar-refractivity contribution is 4.84. The number of hydrogen-bond donors (Lipinski definition) is 1. The van der Waals surface area contributed by atoms with E-state index in [0.29, 0.717) is 6.61 Å². The molecule has 1 fully saturated rings. The Morgan fingerprint density at radius 2 is 1.85 bits per heavy atom. The van der Waals surface area contributed by atoms with Gasteiger partial charge in [0.1, 0.15) is 18.3 Å². The van der Waals surface area contributed by atoms with Crippen LogP contribution in [0.5, 0.6) is 0 Å². The van der Waals surface area contributed by atoms with Gasteiger partial charge in [0.05, 0.1) is 6.61 Å². The molecule has 1 heterocycles. The second kappa shape index (κ2) is 4.88. The van der Waals surface area contributed by atoms with E-state index in [9.17, 15) is 5.11 Å². The maximum absolute atomic E-state index is 9.72. The van der Waals surface area contributed by atoms with Crippen LogP contribution in [-0.2, 0) is 18.9 Å². The van der Waals surface area contributed by atoms with Gasteiger partial charge in [-0.15, -0.1) is 0 Å². The molecule has 0 saturated carbocycles. The van der Waals surface area contributed by atoms with Crippen LogP contribution in [0, 0.1) is 0 Å². The average Bonchev–Trinajstić information content (AvgIpc) is 2.17. The number of aliphatic hydroxyl groups is 1. The van der Waals surface area contributed by atoms with E-state index in [1.54, 1.807) is 0 Å². The standard InChI is InChI=1S/C8H16O5/c1-10-5-4-13-8(12-3)7(11-2)6(5)9/h5-9H,4H2,1-3H3/t5-,6+,7-,8-/m1/s1. The van der Waals surface area contributed by atoms with Gasteiger partial charge in [-0.1, -0.05) is 0 Å². The number of hydrogen-bond acceptors (Lipinski definition) is 5. The average molecular weight is 192 g/mol. The van der Waals surface area contributed by atoms with Crippen LogP contribution in [0.1, 0.15) is 0 Å². The third-order valence-electron chi connectivity index (χ3n) is 2.22. The lowest BCUT2D eigenvalue weighted by atomic mass is 10.1. The van der Waals surface area contributed by atoms with E-state index in [4.69, 9.17) is 18.9 Å². The monoisotopic (exact) mass is 192 g/mol. The first-order valence-corrected chi connectivity index (χ1v) is 4.12. The first-order valence-electron chi connectivity index (χ1n) is 4.12. The maximum atomic E-state index is 9.72. The summed E-state index contributed by atoms with van der Waals surface area (Å²) in [4.78, 5) is 0. The summed E-state index contributed by atoms with van der Waals surface area (Å²) in [5.41, 5.74) is 0. The molecule has 0 aromatic heterocycles. The van der Waals surface area contributed by atoms with Gasteiger partial charge in [0.2, 0.25) is 0 Å². The largest absolute Gasteiger partial charge is 0.387 e. The van der Waals surface area contributed by atoms with Gasteiger partial charge in [-0.2, -0.15) is 0 Å². The van der Waals surface area contributed by atoms with Crippen molar-refractivity contribution in [3.05, 3.63) is 0 Å². The Morgan fingerprint density at radius 1 is 1.15 bits per heavy atom. The zero-order valence-electron chi connectivity index (χ0n) is 8.10. The quantitative estimate of drug-likeness (QED) is 0.646. The van der Waals surface area contributed by atoms with Crippen LogP contribution in [0.3, 0.4) is 0 Å². The van der Waals surface area contributed by atoms with Gasteiger partial charge < -0.3 is 24.1 Å². The van der Waals surface area contributed by atoms with E-state index in [-0.39, 0.29) is 6.10 Å². The minimum atomic E-state index is -0.714. The third-order valence-corrected chi connectivity index (χ3v) is 2.22. The van der Waals surface area contributed by atoms with Crippen LogP contribution in [-0.4, -0.2) is 57.6 Å². The van der Waals surface area contributed by atoms with Crippen LogP contribution in [0.4, 0.5) is 0 Å². The lowest BCUT2D eigenvalue weighted by Gasteiger charge is -2.37. The first kappa shape index (κ1) is 10.9. The molecule has 0 aliphatic carbocycles. The summed E-state index contributed by atoms with van der Waals surface area (Å²) in [6, 6.07) is 0. The van der Waals surface area contributed by atoms with Gasteiger partial charge in [0.25, 0.3) is 0 Å². The van der Waals surface area contributed by atoms with Crippen molar-refractivity contribution in [1.29, 1.82) is 0 Å². The summed E-state index contributed by atoms with van der Waals surface area (Å²) in [5, 5.41) is 9.72. The molecular formula is C8H16O5. The maximum Gasteiger partial charge on any atom is 0.186 e. The summed E-state index contributed by atoms with van der Waals surface area (Å²) in [6.07, 6.45) is -2.08. The van der Waals surface area contributed by atoms with Crippen molar-refractivity contribution in [2.75, 3.05) is 27.9 Å². The Labute approximate surface area is 77.5 Å². The van der Waals surface area contributed by atoms with E-state index >= 15 is 0 Å². The highest BCUT2D eigenvalue weighted by Gasteiger charge is 2.40. The summed E-state index contributed by atoms with van der Waals surface area (Å²) in [5.74, 6) is 0. The molecule has 13 heavy (non-hydrogen) atoms. The predicted octanol–water partition coefficient (Wildman–Crippen LogP) is -0.620. The van der Waals surface area contributed by atoms with Gasteiger partial charge in [0.15, 0.2) is 6.29 Å². The van der Waals surface area contributed by atoms with Gasteiger partial charge >= 0.3 is 0 Å². The molecule has 1 aliphatic heterocycles. The molecule has 0 radical (unpaired) electrons. The Kier molecular flexibility index (Phi) is 4.08. The normalized spacial score (nSPS) is 40.6. The van der Waals surface area contributed by atoms with E-state index < -0.39 is 18.5 Å². The van der Waals surface area contributed by atoms with Crippen LogP contribution in [0.25, 0.3) is 0 Å². The SMILES string of the molecule is CO[C@@H]1OC[C@@H](OC)[C@H](O)[C@H]1OC. The van der Waals surface area contributed by atoms with Crippen LogP contribution < -0.4 is 0 Å². The van der Waals surface area contributed by atoms with E-state index in [2.05, 4.69) is 0 Å². The van der Waals surface area contributed by atoms with Crippen LogP contribution in [0.2, 0.25) is 0 Å². The molecule has 1 aliphatic rings. The van der Waals surface area contributed by atoms with Gasteiger partial charge in [-0.25, -0.2) is 0 Å². The molecule has 78 valence electrons. The van der Waals surface area contributed by atoms with Crippen molar-refractivity contribution in [1.82, 2.24) is 0 Å². The molecule has 1 saturated heterocycles. The van der Waals surface area contributed by atoms with Gasteiger partial charge in [-0.05, 0) is 0 Å². The fraction of sp³-hybridized carbons (Fsp3) is 1.00. The first-order chi connectivity index (χ1) is 6.24. The van der Waals surface area contributed by atoms with E-state index in [1.807, 2.05) is 0 Å². The molecule has 0 bridgehead atoms. The molecular weight excluding hydrogens is 176 g/mol. The Hall–Kier alpha value is -0.200. The molecule has 5 heteroatoms. The smallest absolute Gasteiger partial charge is 0.186 e. The predicted molar refractivity (Wildman–Crippen MR) is 44.3 cm³/mol. The van der Waals surface area contributed by atoms with Crippen molar-refractivity contribution in [2.24, 2.45) is 0 Å². The Bertz CT molecular complexity index is 151. The number of aliphatic hydroxyl groups excluding tert-OH is 1. The summed E-state index contributed by atoms with van der Waals surface area (Å²) >= 11 is 0. The topological polar surface area (TPSA) is 57.2 Å². The number of methoxy groups -OCH3 is 3. The minimum absolute atomic E-state index is 0.316.